The summed E-state index contributed by atoms with van der Waals surface area (Å²) in [4.78, 5) is 10.7. The molecule has 1 N–H and O–H groups in total. The first-order valence-corrected chi connectivity index (χ1v) is 4.55. The van der Waals surface area contributed by atoms with Crippen molar-refractivity contribution in [3.05, 3.63) is 0 Å². The molecule has 1 heterocycles. The van der Waals surface area contributed by atoms with E-state index in [1.165, 1.54) is 11.8 Å². The monoisotopic (exact) mass is 159 g/mol. The van der Waals surface area contributed by atoms with Gasteiger partial charge in [-0.05, 0) is 25.9 Å². The van der Waals surface area contributed by atoms with E-state index in [0.29, 0.717) is 5.25 Å². The third-order valence-corrected chi connectivity index (χ3v) is 2.76. The number of nitrogens with one attached hydrogen (secondary N) is 1. The summed E-state index contributed by atoms with van der Waals surface area (Å²) in [6, 6.07) is 0. The zero-order valence-electron chi connectivity index (χ0n) is 6.22. The molecule has 1 saturated heterocycles. The molecule has 0 radical (unpaired) electrons. The van der Waals surface area contributed by atoms with Crippen LogP contribution >= 0.6 is 11.8 Å². The Morgan fingerprint density at radius 2 is 2.10 bits per heavy atom. The van der Waals surface area contributed by atoms with Crippen LogP contribution in [0.4, 0.5) is 0 Å². The lowest BCUT2D eigenvalue weighted by Crippen LogP contribution is -2.29. The average Bonchev–Trinajstić information content (AvgIpc) is 1.88. The van der Waals surface area contributed by atoms with Gasteiger partial charge in [0.05, 0.1) is 0 Å². The van der Waals surface area contributed by atoms with Crippen molar-refractivity contribution >= 4 is 16.9 Å². The van der Waals surface area contributed by atoms with Crippen LogP contribution in [0.1, 0.15) is 19.8 Å². The first-order chi connectivity index (χ1) is 4.79. The molecule has 1 aliphatic heterocycles. The van der Waals surface area contributed by atoms with Gasteiger partial charge in [-0.2, -0.15) is 0 Å². The van der Waals surface area contributed by atoms with Gasteiger partial charge in [-0.25, -0.2) is 0 Å². The molecule has 3 heteroatoms. The summed E-state index contributed by atoms with van der Waals surface area (Å²) in [6.45, 7) is 3.79. The zero-order chi connectivity index (χ0) is 7.40. The molecule has 0 aromatic heterocycles. The first-order valence-electron chi connectivity index (χ1n) is 3.67. The number of hydrogen-bond donors (Lipinski definition) is 1. The van der Waals surface area contributed by atoms with Crippen molar-refractivity contribution in [1.29, 1.82) is 0 Å². The standard InChI is InChI=1S/C7H13NOS/c1-6(9)10-7-2-4-8-5-3-7/h7-8H,2-5H2,1H3. The lowest BCUT2D eigenvalue weighted by atomic mass is 10.2. The van der Waals surface area contributed by atoms with E-state index >= 15 is 0 Å². The number of hydrogen-bond acceptors (Lipinski definition) is 3. The van der Waals surface area contributed by atoms with E-state index in [4.69, 9.17) is 0 Å². The molecule has 10 heavy (non-hydrogen) atoms. The molecule has 1 rings (SSSR count). The number of piperidine rings is 1. The molecule has 0 unspecified atom stereocenters. The molecular weight excluding hydrogens is 146 g/mol. The van der Waals surface area contributed by atoms with Crippen LogP contribution in [-0.2, 0) is 4.79 Å². The highest BCUT2D eigenvalue weighted by Crippen LogP contribution is 2.20. The molecule has 1 aliphatic rings. The lowest BCUT2D eigenvalue weighted by Gasteiger charge is -2.20. The molecule has 0 aromatic carbocycles. The fourth-order valence-corrected chi connectivity index (χ4v) is 2.09. The second kappa shape index (κ2) is 3.98. The maximum absolute atomic E-state index is 10.7. The molecule has 1 fully saturated rings. The van der Waals surface area contributed by atoms with Crippen molar-refractivity contribution < 1.29 is 4.79 Å². The molecule has 58 valence electrons. The smallest absolute Gasteiger partial charge is 0.186 e. The second-order valence-electron chi connectivity index (χ2n) is 2.56. The van der Waals surface area contributed by atoms with Gasteiger partial charge < -0.3 is 5.32 Å². The Kier molecular flexibility index (Phi) is 3.22. The van der Waals surface area contributed by atoms with Gasteiger partial charge in [0.15, 0.2) is 5.12 Å². The Morgan fingerprint density at radius 3 is 2.60 bits per heavy atom. The lowest BCUT2D eigenvalue weighted by molar-refractivity contribution is -0.109. The minimum atomic E-state index is 0.256. The summed E-state index contributed by atoms with van der Waals surface area (Å²) in [7, 11) is 0. The summed E-state index contributed by atoms with van der Waals surface area (Å²) >= 11 is 1.50. The fourth-order valence-electron chi connectivity index (χ4n) is 1.15. The molecule has 0 bridgehead atoms. The summed E-state index contributed by atoms with van der Waals surface area (Å²) in [5.41, 5.74) is 0. The maximum atomic E-state index is 10.7. The molecule has 0 spiro atoms. The summed E-state index contributed by atoms with van der Waals surface area (Å²) < 4.78 is 0. The van der Waals surface area contributed by atoms with Crippen LogP contribution in [0.2, 0.25) is 0 Å². The summed E-state index contributed by atoms with van der Waals surface area (Å²) in [5.74, 6) is 0. The van der Waals surface area contributed by atoms with E-state index in [-0.39, 0.29) is 5.12 Å². The van der Waals surface area contributed by atoms with Crippen molar-refractivity contribution in [1.82, 2.24) is 5.32 Å². The average molecular weight is 159 g/mol. The van der Waals surface area contributed by atoms with E-state index < -0.39 is 0 Å². The molecule has 0 amide bonds. The van der Waals surface area contributed by atoms with Crippen LogP contribution in [0, 0.1) is 0 Å². The molecule has 0 aliphatic carbocycles. The second-order valence-corrected chi connectivity index (χ2v) is 4.04. The molecule has 2 nitrogen and oxygen atoms in total. The summed E-state index contributed by atoms with van der Waals surface area (Å²) in [6.07, 6.45) is 2.29. The third kappa shape index (κ3) is 2.71. The topological polar surface area (TPSA) is 29.1 Å². The Hall–Kier alpha value is -0.0200. The van der Waals surface area contributed by atoms with Gasteiger partial charge in [0.2, 0.25) is 0 Å². The van der Waals surface area contributed by atoms with Gasteiger partial charge >= 0.3 is 0 Å². The van der Waals surface area contributed by atoms with Crippen LogP contribution in [0.3, 0.4) is 0 Å². The first kappa shape index (κ1) is 8.08. The zero-order valence-corrected chi connectivity index (χ0v) is 7.04. The van der Waals surface area contributed by atoms with Gasteiger partial charge in [-0.3, -0.25) is 4.79 Å². The van der Waals surface area contributed by atoms with Crippen LogP contribution < -0.4 is 5.32 Å². The quantitative estimate of drug-likeness (QED) is 0.619. The van der Waals surface area contributed by atoms with Crippen molar-refractivity contribution in [2.45, 2.75) is 25.0 Å². The molecule has 0 aromatic rings. The highest BCUT2D eigenvalue weighted by atomic mass is 32.2. The van der Waals surface area contributed by atoms with Gasteiger partial charge in [-0.1, -0.05) is 11.8 Å². The van der Waals surface area contributed by atoms with E-state index in [0.717, 1.165) is 25.9 Å². The van der Waals surface area contributed by atoms with Gasteiger partial charge in [-0.15, -0.1) is 0 Å². The van der Waals surface area contributed by atoms with Crippen LogP contribution in [0.25, 0.3) is 0 Å². The Morgan fingerprint density at radius 1 is 1.50 bits per heavy atom. The number of rotatable bonds is 1. The Labute approximate surface area is 65.8 Å². The summed E-state index contributed by atoms with van der Waals surface area (Å²) in [5, 5.41) is 4.10. The van der Waals surface area contributed by atoms with Crippen molar-refractivity contribution in [2.75, 3.05) is 13.1 Å². The number of thioether (sulfide) groups is 1. The van der Waals surface area contributed by atoms with E-state index in [9.17, 15) is 4.79 Å². The van der Waals surface area contributed by atoms with Gasteiger partial charge in [0.25, 0.3) is 0 Å². The third-order valence-electron chi connectivity index (χ3n) is 1.62. The van der Waals surface area contributed by atoms with E-state index in [1.54, 1.807) is 6.92 Å². The SMILES string of the molecule is CC(=O)SC1CCNCC1. The normalized spacial score (nSPS) is 20.9. The fraction of sp³-hybridized carbons (Fsp3) is 0.857. The van der Waals surface area contributed by atoms with Crippen LogP contribution in [-0.4, -0.2) is 23.5 Å². The van der Waals surface area contributed by atoms with Gasteiger partial charge in [0, 0.05) is 12.2 Å². The number of carbonyl (C=O) groups excluding carboxylic acids is 1. The van der Waals surface area contributed by atoms with Crippen LogP contribution in [0.15, 0.2) is 0 Å². The maximum Gasteiger partial charge on any atom is 0.186 e. The molecule has 0 atom stereocenters. The van der Waals surface area contributed by atoms with E-state index in [1.807, 2.05) is 0 Å². The van der Waals surface area contributed by atoms with E-state index in [2.05, 4.69) is 5.32 Å². The Bertz CT molecular complexity index is 121. The van der Waals surface area contributed by atoms with Crippen molar-refractivity contribution in [3.8, 4) is 0 Å². The van der Waals surface area contributed by atoms with Crippen molar-refractivity contribution in [3.63, 3.8) is 0 Å². The van der Waals surface area contributed by atoms with Gasteiger partial charge in [0.1, 0.15) is 0 Å². The minimum Gasteiger partial charge on any atom is -0.317 e. The predicted molar refractivity (Wildman–Crippen MR) is 44.2 cm³/mol. The minimum absolute atomic E-state index is 0.256. The van der Waals surface area contributed by atoms with Crippen LogP contribution in [0.5, 0.6) is 0 Å². The highest BCUT2D eigenvalue weighted by molar-refractivity contribution is 8.14. The predicted octanol–water partition coefficient (Wildman–Crippen LogP) is 1.02. The number of carbonyl (C=O) groups is 1. The highest BCUT2D eigenvalue weighted by Gasteiger charge is 2.14. The molecular formula is C7H13NOS. The largest absolute Gasteiger partial charge is 0.317 e. The molecule has 0 saturated carbocycles. The Balaban J connectivity index is 2.19. The van der Waals surface area contributed by atoms with Crippen molar-refractivity contribution in [2.24, 2.45) is 0 Å².